The number of nitrogens with zero attached hydrogens (tertiary/aromatic N) is 2. The molecule has 4 nitrogen and oxygen atoms in total. The minimum absolute atomic E-state index is 0.101. The summed E-state index contributed by atoms with van der Waals surface area (Å²) in [6, 6.07) is 9.76. The van der Waals surface area contributed by atoms with E-state index in [-0.39, 0.29) is 11.4 Å². The van der Waals surface area contributed by atoms with Crippen molar-refractivity contribution in [3.8, 4) is 11.3 Å². The molecule has 0 unspecified atom stereocenters. The van der Waals surface area contributed by atoms with Gasteiger partial charge in [0.1, 0.15) is 5.60 Å². The molecule has 2 aliphatic rings. The van der Waals surface area contributed by atoms with Crippen molar-refractivity contribution in [2.24, 2.45) is 5.16 Å². The van der Waals surface area contributed by atoms with Crippen molar-refractivity contribution < 1.29 is 9.63 Å². The number of oxime groups is 1. The van der Waals surface area contributed by atoms with Crippen LogP contribution in [0.1, 0.15) is 47.2 Å². The Bertz CT molecular complexity index is 877. The first kappa shape index (κ1) is 15.8. The zero-order chi connectivity index (χ0) is 17.4. The number of carbonyl (C=O) groups is 1. The number of aromatic nitrogens is 1. The van der Waals surface area contributed by atoms with Crippen LogP contribution in [0.2, 0.25) is 0 Å². The molecule has 25 heavy (non-hydrogen) atoms. The van der Waals surface area contributed by atoms with Gasteiger partial charge >= 0.3 is 0 Å². The fraction of sp³-hybridized carbons (Fsp3) is 0.286. The molecule has 1 spiro atoms. The lowest BCUT2D eigenvalue weighted by molar-refractivity contribution is -0.0755. The minimum Gasteiger partial charge on any atom is -0.389 e. The summed E-state index contributed by atoms with van der Waals surface area (Å²) >= 11 is 0. The summed E-state index contributed by atoms with van der Waals surface area (Å²) in [4.78, 5) is 22.4. The average molecular weight is 332 g/mol. The highest BCUT2D eigenvalue weighted by Gasteiger charge is 2.44. The van der Waals surface area contributed by atoms with Gasteiger partial charge in [0.2, 0.25) is 0 Å². The quantitative estimate of drug-likeness (QED) is 0.613. The molecular weight excluding hydrogens is 312 g/mol. The third kappa shape index (κ3) is 2.88. The fourth-order valence-corrected chi connectivity index (χ4v) is 3.36. The van der Waals surface area contributed by atoms with E-state index in [1.807, 2.05) is 43.5 Å². The number of benzene rings is 1. The molecule has 0 atom stereocenters. The second kappa shape index (κ2) is 5.96. The number of allylic oxidation sites excluding steroid dienone is 1. The standard InChI is InChI=1S/C21H20N2O2/c1-3-20(24)17-10-15(18-6-5-14(2)13-22-18)9-16(11-17)19-12-21(25-23-19)7-4-8-21/h3,5-6,9-11,13H,1,4,7-8,12H2,2H3. The zero-order valence-electron chi connectivity index (χ0n) is 14.3. The predicted molar refractivity (Wildman–Crippen MR) is 97.8 cm³/mol. The molecule has 1 saturated carbocycles. The highest BCUT2D eigenvalue weighted by molar-refractivity contribution is 6.09. The van der Waals surface area contributed by atoms with Crippen molar-refractivity contribution in [1.29, 1.82) is 0 Å². The topological polar surface area (TPSA) is 51.5 Å². The second-order valence-electron chi connectivity index (χ2n) is 6.93. The van der Waals surface area contributed by atoms with E-state index in [1.54, 1.807) is 0 Å². The monoisotopic (exact) mass is 332 g/mol. The van der Waals surface area contributed by atoms with E-state index in [1.165, 1.54) is 12.5 Å². The van der Waals surface area contributed by atoms with E-state index in [2.05, 4.69) is 16.7 Å². The maximum atomic E-state index is 12.2. The number of rotatable bonds is 4. The van der Waals surface area contributed by atoms with E-state index in [4.69, 9.17) is 4.84 Å². The zero-order valence-corrected chi connectivity index (χ0v) is 14.3. The summed E-state index contributed by atoms with van der Waals surface area (Å²) in [5.41, 5.74) is 5.17. The van der Waals surface area contributed by atoms with Crippen molar-refractivity contribution in [3.05, 3.63) is 65.9 Å². The van der Waals surface area contributed by atoms with Crippen LogP contribution >= 0.6 is 0 Å². The van der Waals surface area contributed by atoms with Crippen LogP contribution in [0.15, 0.2) is 54.3 Å². The lowest BCUT2D eigenvalue weighted by Crippen LogP contribution is -2.36. The highest BCUT2D eigenvalue weighted by Crippen LogP contribution is 2.43. The number of ketones is 1. The van der Waals surface area contributed by atoms with Gasteiger partial charge in [-0.2, -0.15) is 0 Å². The van der Waals surface area contributed by atoms with Gasteiger partial charge in [-0.25, -0.2) is 0 Å². The van der Waals surface area contributed by atoms with Gasteiger partial charge in [-0.1, -0.05) is 17.8 Å². The number of carbonyl (C=O) groups excluding carboxylic acids is 1. The molecule has 2 heterocycles. The molecule has 0 N–H and O–H groups in total. The molecule has 126 valence electrons. The Morgan fingerprint density at radius 2 is 2.04 bits per heavy atom. The van der Waals surface area contributed by atoms with Crippen molar-refractivity contribution in [2.45, 2.75) is 38.2 Å². The lowest BCUT2D eigenvalue weighted by Gasteiger charge is -2.34. The van der Waals surface area contributed by atoms with Crippen molar-refractivity contribution in [1.82, 2.24) is 4.98 Å². The summed E-state index contributed by atoms with van der Waals surface area (Å²) in [5.74, 6) is -0.104. The van der Waals surface area contributed by atoms with Crippen LogP contribution in [0.4, 0.5) is 0 Å². The first-order valence-electron chi connectivity index (χ1n) is 8.59. The maximum Gasteiger partial charge on any atom is 0.185 e. The molecule has 4 rings (SSSR count). The van der Waals surface area contributed by atoms with E-state index in [0.29, 0.717) is 5.56 Å². The number of hydrogen-bond acceptors (Lipinski definition) is 4. The molecule has 0 bridgehead atoms. The van der Waals surface area contributed by atoms with Gasteiger partial charge in [0.05, 0.1) is 11.4 Å². The summed E-state index contributed by atoms with van der Waals surface area (Å²) in [5, 5.41) is 4.32. The Morgan fingerprint density at radius 3 is 2.64 bits per heavy atom. The molecule has 1 aliphatic carbocycles. The molecule has 0 amide bonds. The largest absolute Gasteiger partial charge is 0.389 e. The second-order valence-corrected chi connectivity index (χ2v) is 6.93. The van der Waals surface area contributed by atoms with Crippen LogP contribution in [-0.2, 0) is 4.84 Å². The average Bonchev–Trinajstić information content (AvgIpc) is 3.07. The molecule has 1 aromatic carbocycles. The Balaban J connectivity index is 1.75. The molecule has 2 aromatic rings. The van der Waals surface area contributed by atoms with Gasteiger partial charge < -0.3 is 4.84 Å². The molecule has 1 aromatic heterocycles. The molecular formula is C21H20N2O2. The van der Waals surface area contributed by atoms with Crippen LogP contribution in [0.3, 0.4) is 0 Å². The van der Waals surface area contributed by atoms with Crippen LogP contribution in [-0.4, -0.2) is 22.1 Å². The first-order valence-corrected chi connectivity index (χ1v) is 8.59. The van der Waals surface area contributed by atoms with E-state index >= 15 is 0 Å². The van der Waals surface area contributed by atoms with E-state index in [0.717, 1.165) is 47.4 Å². The Labute approximate surface area is 147 Å². The van der Waals surface area contributed by atoms with Gasteiger partial charge in [-0.15, -0.1) is 0 Å². The van der Waals surface area contributed by atoms with E-state index in [9.17, 15) is 4.79 Å². The predicted octanol–water partition coefficient (Wildman–Crippen LogP) is 4.47. The van der Waals surface area contributed by atoms with E-state index < -0.39 is 0 Å². The van der Waals surface area contributed by atoms with Crippen LogP contribution in [0.5, 0.6) is 0 Å². The molecule has 0 saturated heterocycles. The number of aryl methyl sites for hydroxylation is 1. The van der Waals surface area contributed by atoms with Crippen molar-refractivity contribution in [3.63, 3.8) is 0 Å². The van der Waals surface area contributed by atoms with Gasteiger partial charge in [0, 0.05) is 29.3 Å². The van der Waals surface area contributed by atoms with Crippen LogP contribution in [0, 0.1) is 6.92 Å². The van der Waals surface area contributed by atoms with Gasteiger partial charge in [-0.05, 0) is 62.1 Å². The molecule has 0 radical (unpaired) electrons. The fourth-order valence-electron chi connectivity index (χ4n) is 3.36. The van der Waals surface area contributed by atoms with Crippen LogP contribution < -0.4 is 0 Å². The van der Waals surface area contributed by atoms with Gasteiger partial charge in [-0.3, -0.25) is 9.78 Å². The SMILES string of the molecule is C=CC(=O)c1cc(C2=NOC3(CCC3)C2)cc(-c2ccc(C)cn2)c1. The van der Waals surface area contributed by atoms with Crippen molar-refractivity contribution >= 4 is 11.5 Å². The van der Waals surface area contributed by atoms with Crippen LogP contribution in [0.25, 0.3) is 11.3 Å². The third-order valence-electron chi connectivity index (χ3n) is 5.05. The van der Waals surface area contributed by atoms with Gasteiger partial charge in [0.15, 0.2) is 5.78 Å². The van der Waals surface area contributed by atoms with Gasteiger partial charge in [0.25, 0.3) is 0 Å². The molecule has 4 heteroatoms. The number of pyridine rings is 1. The smallest absolute Gasteiger partial charge is 0.185 e. The Morgan fingerprint density at radius 1 is 1.24 bits per heavy atom. The highest BCUT2D eigenvalue weighted by atomic mass is 16.7. The minimum atomic E-state index is -0.104. The molecule has 1 aliphatic heterocycles. The maximum absolute atomic E-state index is 12.2. The summed E-state index contributed by atoms with van der Waals surface area (Å²) < 4.78 is 0. The number of hydrogen-bond donors (Lipinski definition) is 0. The first-order chi connectivity index (χ1) is 12.1. The summed E-state index contributed by atoms with van der Waals surface area (Å²) in [6.07, 6.45) is 7.27. The van der Waals surface area contributed by atoms with Crippen molar-refractivity contribution in [2.75, 3.05) is 0 Å². The third-order valence-corrected chi connectivity index (χ3v) is 5.05. The normalized spacial score (nSPS) is 17.6. The summed E-state index contributed by atoms with van der Waals surface area (Å²) in [6.45, 7) is 5.61. The molecule has 1 fully saturated rings. The lowest BCUT2D eigenvalue weighted by atomic mass is 9.76. The Kier molecular flexibility index (Phi) is 3.75. The summed E-state index contributed by atoms with van der Waals surface area (Å²) in [7, 11) is 0. The Hall–Kier alpha value is -2.75.